The maximum absolute atomic E-state index is 12.3. The van der Waals surface area contributed by atoms with E-state index in [0.29, 0.717) is 5.65 Å². The highest BCUT2D eigenvalue weighted by Crippen LogP contribution is 2.28. The topological polar surface area (TPSA) is 65.4 Å². The van der Waals surface area contributed by atoms with Gasteiger partial charge in [-0.2, -0.15) is 16.4 Å². The van der Waals surface area contributed by atoms with Gasteiger partial charge in [0.25, 0.3) is 0 Å². The van der Waals surface area contributed by atoms with E-state index in [0.717, 1.165) is 48.1 Å². The normalized spacial score (nSPS) is 11.8. The number of nitrogens with zero attached hydrogens (tertiary/aromatic N) is 3. The van der Waals surface area contributed by atoms with E-state index in [1.165, 1.54) is 5.56 Å². The molecule has 2 N–H and O–H groups in total. The minimum absolute atomic E-state index is 0.206. The number of benzene rings is 1. The fraction of sp³-hybridized carbons (Fsp3) is 0.300. The van der Waals surface area contributed by atoms with Crippen LogP contribution in [0, 0.1) is 0 Å². The van der Waals surface area contributed by atoms with Crippen molar-refractivity contribution in [3.8, 4) is 11.1 Å². The molecule has 7 heteroatoms. The molecule has 3 aromatic heterocycles. The lowest BCUT2D eigenvalue weighted by Gasteiger charge is -2.12. The van der Waals surface area contributed by atoms with E-state index in [4.69, 9.17) is 0 Å². The molecule has 0 bridgehead atoms. The zero-order valence-corrected chi connectivity index (χ0v) is 16.3. The molecule has 6 nitrogen and oxygen atoms in total. The molecule has 0 aliphatic heterocycles. The Hall–Kier alpha value is -2.48. The Bertz CT molecular complexity index is 1110. The summed E-state index contributed by atoms with van der Waals surface area (Å²) in [7, 11) is 4.17. The fourth-order valence-electron chi connectivity index (χ4n) is 3.36. The van der Waals surface area contributed by atoms with Crippen LogP contribution in [0.2, 0.25) is 0 Å². The SMILES string of the molecule is CN(C)CCCNCc1cc2n[nH]c(=O)n2c2cc(-c3ccsc3)ccc12. The molecule has 0 radical (unpaired) electrons. The minimum atomic E-state index is -0.206. The van der Waals surface area contributed by atoms with Gasteiger partial charge < -0.3 is 10.2 Å². The number of aromatic amines is 1. The third kappa shape index (κ3) is 3.66. The first-order chi connectivity index (χ1) is 13.1. The number of H-pyrrole nitrogens is 1. The number of nitrogens with one attached hydrogen (secondary N) is 2. The molecule has 0 atom stereocenters. The largest absolute Gasteiger partial charge is 0.348 e. The number of hydrogen-bond donors (Lipinski definition) is 2. The van der Waals surface area contributed by atoms with E-state index in [2.05, 4.69) is 69.5 Å². The zero-order chi connectivity index (χ0) is 18.8. The lowest BCUT2D eigenvalue weighted by molar-refractivity contribution is 0.394. The molecule has 140 valence electrons. The molecule has 0 unspecified atom stereocenters. The van der Waals surface area contributed by atoms with Gasteiger partial charge >= 0.3 is 5.69 Å². The highest BCUT2D eigenvalue weighted by molar-refractivity contribution is 7.08. The second kappa shape index (κ2) is 7.64. The zero-order valence-electron chi connectivity index (χ0n) is 15.5. The van der Waals surface area contributed by atoms with Crippen molar-refractivity contribution < 1.29 is 0 Å². The predicted molar refractivity (Wildman–Crippen MR) is 112 cm³/mol. The van der Waals surface area contributed by atoms with E-state index < -0.39 is 0 Å². The Morgan fingerprint density at radius 3 is 2.89 bits per heavy atom. The number of aromatic nitrogens is 3. The van der Waals surface area contributed by atoms with E-state index in [1.807, 2.05) is 6.07 Å². The van der Waals surface area contributed by atoms with E-state index in [-0.39, 0.29) is 5.69 Å². The first kappa shape index (κ1) is 17.9. The molecule has 0 aliphatic carbocycles. The summed E-state index contributed by atoms with van der Waals surface area (Å²) in [5, 5.41) is 15.5. The van der Waals surface area contributed by atoms with Gasteiger partial charge in [-0.25, -0.2) is 14.3 Å². The lowest BCUT2D eigenvalue weighted by atomic mass is 10.0. The van der Waals surface area contributed by atoms with Crippen LogP contribution in [0.3, 0.4) is 0 Å². The molecule has 0 fully saturated rings. The van der Waals surface area contributed by atoms with E-state index in [9.17, 15) is 4.79 Å². The second-order valence-corrected chi connectivity index (χ2v) is 7.75. The average Bonchev–Trinajstić information content (AvgIpc) is 3.31. The van der Waals surface area contributed by atoms with Gasteiger partial charge in [-0.05, 0) is 79.3 Å². The summed E-state index contributed by atoms with van der Waals surface area (Å²) in [6.45, 7) is 2.76. The molecule has 3 heterocycles. The van der Waals surface area contributed by atoms with Gasteiger partial charge in [0.1, 0.15) is 0 Å². The van der Waals surface area contributed by atoms with Crippen molar-refractivity contribution in [2.24, 2.45) is 0 Å². The Balaban J connectivity index is 1.72. The third-order valence-corrected chi connectivity index (χ3v) is 5.40. The average molecular weight is 382 g/mol. The van der Waals surface area contributed by atoms with Crippen molar-refractivity contribution in [1.29, 1.82) is 0 Å². The molecule has 4 rings (SSSR count). The standard InChI is InChI=1S/C20H23N5OS/c1-24(2)8-3-7-21-12-16-11-19-22-23-20(26)25(19)18-10-14(4-5-17(16)18)15-6-9-27-13-15/h4-6,9-11,13,21H,3,7-8,12H2,1-2H3,(H,23,26). The van der Waals surface area contributed by atoms with Gasteiger partial charge in [-0.1, -0.05) is 12.1 Å². The first-order valence-electron chi connectivity index (χ1n) is 9.04. The van der Waals surface area contributed by atoms with Crippen LogP contribution >= 0.6 is 11.3 Å². The second-order valence-electron chi connectivity index (χ2n) is 6.97. The van der Waals surface area contributed by atoms with Gasteiger partial charge in [0.15, 0.2) is 5.65 Å². The van der Waals surface area contributed by atoms with Crippen LogP contribution < -0.4 is 11.0 Å². The van der Waals surface area contributed by atoms with Gasteiger partial charge in [0.2, 0.25) is 0 Å². The maximum atomic E-state index is 12.3. The van der Waals surface area contributed by atoms with Crippen LogP contribution in [0.4, 0.5) is 0 Å². The Labute approximate surface area is 161 Å². The summed E-state index contributed by atoms with van der Waals surface area (Å²) in [6, 6.07) is 10.4. The van der Waals surface area contributed by atoms with Crippen LogP contribution in [0.15, 0.2) is 45.9 Å². The Morgan fingerprint density at radius 2 is 2.11 bits per heavy atom. The Kier molecular flexibility index (Phi) is 5.07. The van der Waals surface area contributed by atoms with E-state index in [1.54, 1.807) is 15.7 Å². The molecule has 0 saturated carbocycles. The van der Waals surface area contributed by atoms with Crippen molar-refractivity contribution in [2.75, 3.05) is 27.2 Å². The highest BCUT2D eigenvalue weighted by atomic mass is 32.1. The van der Waals surface area contributed by atoms with Gasteiger partial charge in [0, 0.05) is 11.9 Å². The smallest absolute Gasteiger partial charge is 0.313 e. The number of fused-ring (bicyclic) bond motifs is 3. The molecule has 0 saturated heterocycles. The molecule has 1 aromatic carbocycles. The molecule has 0 spiro atoms. The monoisotopic (exact) mass is 381 g/mol. The van der Waals surface area contributed by atoms with Crippen LogP contribution in [0.1, 0.15) is 12.0 Å². The number of hydrogen-bond acceptors (Lipinski definition) is 5. The molecule has 4 aromatic rings. The lowest BCUT2D eigenvalue weighted by Crippen LogP contribution is -2.21. The molecular weight excluding hydrogens is 358 g/mol. The summed E-state index contributed by atoms with van der Waals surface area (Å²) < 4.78 is 1.65. The maximum Gasteiger partial charge on any atom is 0.348 e. The van der Waals surface area contributed by atoms with Crippen LogP contribution in [-0.4, -0.2) is 46.7 Å². The number of rotatable bonds is 7. The van der Waals surface area contributed by atoms with Crippen LogP contribution in [0.5, 0.6) is 0 Å². The first-order valence-corrected chi connectivity index (χ1v) is 9.98. The molecular formula is C20H23N5OS. The summed E-state index contributed by atoms with van der Waals surface area (Å²) >= 11 is 1.67. The fourth-order valence-corrected chi connectivity index (χ4v) is 4.02. The van der Waals surface area contributed by atoms with Crippen LogP contribution in [-0.2, 0) is 6.54 Å². The minimum Gasteiger partial charge on any atom is -0.313 e. The van der Waals surface area contributed by atoms with Gasteiger partial charge in [-0.3, -0.25) is 0 Å². The summed E-state index contributed by atoms with van der Waals surface area (Å²) in [5.41, 5.74) is 4.76. The third-order valence-electron chi connectivity index (χ3n) is 4.72. The van der Waals surface area contributed by atoms with Crippen molar-refractivity contribution >= 4 is 27.9 Å². The summed E-state index contributed by atoms with van der Waals surface area (Å²) in [6.07, 6.45) is 1.09. The quantitative estimate of drug-likeness (QED) is 0.483. The van der Waals surface area contributed by atoms with Gasteiger partial charge in [0.05, 0.1) is 5.52 Å². The van der Waals surface area contributed by atoms with E-state index >= 15 is 0 Å². The number of thiophene rings is 1. The summed E-state index contributed by atoms with van der Waals surface area (Å²) in [4.78, 5) is 14.5. The Morgan fingerprint density at radius 1 is 1.22 bits per heavy atom. The van der Waals surface area contributed by atoms with Crippen LogP contribution in [0.25, 0.3) is 27.7 Å². The van der Waals surface area contributed by atoms with Crippen molar-refractivity contribution in [3.05, 3.63) is 57.1 Å². The molecule has 27 heavy (non-hydrogen) atoms. The van der Waals surface area contributed by atoms with Gasteiger partial charge in [-0.15, -0.1) is 0 Å². The van der Waals surface area contributed by atoms with Crippen molar-refractivity contribution in [3.63, 3.8) is 0 Å². The number of pyridine rings is 1. The molecule has 0 aliphatic rings. The predicted octanol–water partition coefficient (Wildman–Crippen LogP) is 2.95. The van der Waals surface area contributed by atoms with Crippen molar-refractivity contribution in [2.45, 2.75) is 13.0 Å². The highest BCUT2D eigenvalue weighted by Gasteiger charge is 2.11. The van der Waals surface area contributed by atoms with Crippen molar-refractivity contribution in [1.82, 2.24) is 24.8 Å². The molecule has 0 amide bonds. The summed E-state index contributed by atoms with van der Waals surface area (Å²) in [5.74, 6) is 0.